The summed E-state index contributed by atoms with van der Waals surface area (Å²) < 4.78 is 43.7. The number of amides is 2. The van der Waals surface area contributed by atoms with Crippen molar-refractivity contribution in [3.8, 4) is 0 Å². The van der Waals surface area contributed by atoms with Gasteiger partial charge in [0.05, 0.1) is 12.2 Å². The van der Waals surface area contributed by atoms with Crippen LogP contribution in [0.1, 0.15) is 50.1 Å². The molecule has 1 aromatic heterocycles. The Bertz CT molecular complexity index is 584. The summed E-state index contributed by atoms with van der Waals surface area (Å²) in [5.41, 5.74) is 0. The molecule has 25 heavy (non-hydrogen) atoms. The van der Waals surface area contributed by atoms with Gasteiger partial charge in [0.1, 0.15) is 6.04 Å². The van der Waals surface area contributed by atoms with Gasteiger partial charge in [-0.15, -0.1) is 0 Å². The highest BCUT2D eigenvalue weighted by Gasteiger charge is 2.42. The number of alkyl halides is 3. The second-order valence-electron chi connectivity index (χ2n) is 6.78. The van der Waals surface area contributed by atoms with Gasteiger partial charge in [0.2, 0.25) is 5.91 Å². The second-order valence-corrected chi connectivity index (χ2v) is 6.78. The van der Waals surface area contributed by atoms with E-state index in [1.54, 1.807) is 19.9 Å². The van der Waals surface area contributed by atoms with E-state index in [4.69, 9.17) is 4.42 Å². The molecule has 1 saturated carbocycles. The summed E-state index contributed by atoms with van der Waals surface area (Å²) in [5, 5.41) is 5.25. The van der Waals surface area contributed by atoms with E-state index in [-0.39, 0.29) is 24.5 Å². The lowest BCUT2D eigenvalue weighted by Gasteiger charge is -2.32. The van der Waals surface area contributed by atoms with Gasteiger partial charge in [-0.3, -0.25) is 9.59 Å². The van der Waals surface area contributed by atoms with Crippen LogP contribution in [-0.2, 0) is 4.79 Å². The standard InChI is InChI=1S/C17H23F3N2O3/c1-10(2)14(22-15(23)13-7-4-8-25-13)16(24)21-12-6-3-5-11(9-12)17(18,19)20/h4,7-8,10-12,14H,3,5-6,9H2,1-2H3,(H,21,24)(H,22,23). The molecule has 1 heterocycles. The molecule has 0 radical (unpaired) electrons. The van der Waals surface area contributed by atoms with Crippen LogP contribution >= 0.6 is 0 Å². The Kier molecular flexibility index (Phi) is 6.13. The summed E-state index contributed by atoms with van der Waals surface area (Å²) >= 11 is 0. The molecule has 1 aliphatic rings. The van der Waals surface area contributed by atoms with E-state index in [1.807, 2.05) is 0 Å². The van der Waals surface area contributed by atoms with Crippen LogP contribution < -0.4 is 10.6 Å². The summed E-state index contributed by atoms with van der Waals surface area (Å²) in [7, 11) is 0. The molecule has 8 heteroatoms. The van der Waals surface area contributed by atoms with Gasteiger partial charge in [-0.1, -0.05) is 20.3 Å². The van der Waals surface area contributed by atoms with Crippen molar-refractivity contribution >= 4 is 11.8 Å². The first-order valence-corrected chi connectivity index (χ1v) is 8.40. The Morgan fingerprint density at radius 2 is 2.00 bits per heavy atom. The highest BCUT2D eigenvalue weighted by Crippen LogP contribution is 2.37. The largest absolute Gasteiger partial charge is 0.459 e. The molecule has 1 aliphatic carbocycles. The van der Waals surface area contributed by atoms with Crippen LogP contribution in [-0.4, -0.2) is 30.1 Å². The predicted molar refractivity (Wildman–Crippen MR) is 84.7 cm³/mol. The van der Waals surface area contributed by atoms with Gasteiger partial charge in [-0.2, -0.15) is 13.2 Å². The van der Waals surface area contributed by atoms with Gasteiger partial charge in [-0.25, -0.2) is 0 Å². The summed E-state index contributed by atoms with van der Waals surface area (Å²) in [6.45, 7) is 3.51. The van der Waals surface area contributed by atoms with Gasteiger partial charge >= 0.3 is 6.18 Å². The van der Waals surface area contributed by atoms with Crippen molar-refractivity contribution in [1.82, 2.24) is 10.6 Å². The fraction of sp³-hybridized carbons (Fsp3) is 0.647. The fourth-order valence-corrected chi connectivity index (χ4v) is 3.06. The van der Waals surface area contributed by atoms with Gasteiger partial charge in [-0.05, 0) is 37.3 Å². The van der Waals surface area contributed by atoms with Crippen molar-refractivity contribution in [3.05, 3.63) is 24.2 Å². The molecule has 0 aromatic carbocycles. The Balaban J connectivity index is 1.97. The summed E-state index contributed by atoms with van der Waals surface area (Å²) in [5.74, 6) is -2.53. The van der Waals surface area contributed by atoms with Crippen LogP contribution in [0, 0.1) is 11.8 Å². The van der Waals surface area contributed by atoms with Crippen molar-refractivity contribution < 1.29 is 27.2 Å². The molecule has 1 fully saturated rings. The maximum absolute atomic E-state index is 12.9. The van der Waals surface area contributed by atoms with Crippen LogP contribution in [0.3, 0.4) is 0 Å². The number of rotatable bonds is 5. The molecule has 140 valence electrons. The van der Waals surface area contributed by atoms with E-state index in [9.17, 15) is 22.8 Å². The Hall–Kier alpha value is -1.99. The molecule has 1 aromatic rings. The molecule has 3 unspecified atom stereocenters. The molecule has 2 amide bonds. The second kappa shape index (κ2) is 7.93. The zero-order valence-corrected chi connectivity index (χ0v) is 14.2. The smallest absolute Gasteiger partial charge is 0.391 e. The zero-order valence-electron chi connectivity index (χ0n) is 14.2. The topological polar surface area (TPSA) is 71.3 Å². The molecule has 2 N–H and O–H groups in total. The summed E-state index contributed by atoms with van der Waals surface area (Å²) in [6, 6.07) is 1.65. The van der Waals surface area contributed by atoms with Crippen LogP contribution in [0.4, 0.5) is 13.2 Å². The summed E-state index contributed by atoms with van der Waals surface area (Å²) in [6.07, 6.45) is -1.99. The first-order valence-electron chi connectivity index (χ1n) is 8.40. The summed E-state index contributed by atoms with van der Waals surface area (Å²) in [4.78, 5) is 24.5. The van der Waals surface area contributed by atoms with Crippen LogP contribution in [0.25, 0.3) is 0 Å². The van der Waals surface area contributed by atoms with Crippen LogP contribution in [0.5, 0.6) is 0 Å². The lowest BCUT2D eigenvalue weighted by Crippen LogP contribution is -2.53. The minimum absolute atomic E-state index is 0.0771. The van der Waals surface area contributed by atoms with E-state index in [1.165, 1.54) is 12.3 Å². The highest BCUT2D eigenvalue weighted by atomic mass is 19.4. The van der Waals surface area contributed by atoms with Crippen molar-refractivity contribution in [2.45, 2.75) is 57.8 Å². The van der Waals surface area contributed by atoms with Crippen molar-refractivity contribution in [3.63, 3.8) is 0 Å². The number of hydrogen-bond donors (Lipinski definition) is 2. The first-order chi connectivity index (χ1) is 11.7. The minimum atomic E-state index is -4.24. The minimum Gasteiger partial charge on any atom is -0.459 e. The third kappa shape index (κ3) is 5.24. The number of carbonyl (C=O) groups excluding carboxylic acids is 2. The molecular formula is C17H23F3N2O3. The normalized spacial score (nSPS) is 22.5. The number of nitrogens with one attached hydrogen (secondary N) is 2. The first kappa shape index (κ1) is 19.3. The maximum atomic E-state index is 12.9. The molecule has 0 aliphatic heterocycles. The molecule has 3 atom stereocenters. The van der Waals surface area contributed by atoms with E-state index in [0.29, 0.717) is 12.8 Å². The van der Waals surface area contributed by atoms with Crippen molar-refractivity contribution in [1.29, 1.82) is 0 Å². The zero-order chi connectivity index (χ0) is 18.6. The van der Waals surface area contributed by atoms with E-state index in [0.717, 1.165) is 0 Å². The van der Waals surface area contributed by atoms with Gasteiger partial charge in [0, 0.05) is 6.04 Å². The molecule has 5 nitrogen and oxygen atoms in total. The highest BCUT2D eigenvalue weighted by molar-refractivity contribution is 5.95. The van der Waals surface area contributed by atoms with Gasteiger partial charge < -0.3 is 15.1 Å². The van der Waals surface area contributed by atoms with Crippen LogP contribution in [0.2, 0.25) is 0 Å². The molecular weight excluding hydrogens is 337 g/mol. The van der Waals surface area contributed by atoms with Gasteiger partial charge in [0.25, 0.3) is 5.91 Å². The quantitative estimate of drug-likeness (QED) is 0.847. The molecule has 2 rings (SSSR count). The number of hydrogen-bond acceptors (Lipinski definition) is 3. The van der Waals surface area contributed by atoms with E-state index in [2.05, 4.69) is 10.6 Å². The van der Waals surface area contributed by atoms with Gasteiger partial charge in [0.15, 0.2) is 5.76 Å². The fourth-order valence-electron chi connectivity index (χ4n) is 3.06. The number of halogens is 3. The van der Waals surface area contributed by atoms with Crippen LogP contribution in [0.15, 0.2) is 22.8 Å². The Morgan fingerprint density at radius 1 is 1.28 bits per heavy atom. The van der Waals surface area contributed by atoms with E-state index >= 15 is 0 Å². The predicted octanol–water partition coefficient (Wildman–Crippen LogP) is 3.27. The molecule has 0 bridgehead atoms. The number of furan rings is 1. The molecule has 0 saturated heterocycles. The third-order valence-corrected chi connectivity index (χ3v) is 4.46. The van der Waals surface area contributed by atoms with Crippen molar-refractivity contribution in [2.75, 3.05) is 0 Å². The Morgan fingerprint density at radius 3 is 2.56 bits per heavy atom. The SMILES string of the molecule is CC(C)C(NC(=O)c1ccco1)C(=O)NC1CCCC(C(F)(F)F)C1. The van der Waals surface area contributed by atoms with E-state index < -0.39 is 36.0 Å². The lowest BCUT2D eigenvalue weighted by molar-refractivity contribution is -0.184. The average Bonchev–Trinajstić information content (AvgIpc) is 3.06. The number of carbonyl (C=O) groups is 2. The van der Waals surface area contributed by atoms with Crippen molar-refractivity contribution in [2.24, 2.45) is 11.8 Å². The monoisotopic (exact) mass is 360 g/mol. The average molecular weight is 360 g/mol. The maximum Gasteiger partial charge on any atom is 0.391 e. The lowest BCUT2D eigenvalue weighted by atomic mass is 9.85. The Labute approximate surface area is 144 Å². The third-order valence-electron chi connectivity index (χ3n) is 4.46. The molecule has 0 spiro atoms.